The standard InChI is InChI=1S/C20H32N4O/c25-20(17-23-12-6-2-1-3-7-13-23)22-15-18-9-8-14-24(16-18)19-10-4-5-11-21-19/h4-5,10-11,18H,1-3,6-9,12-17H2,(H,22,25). The molecule has 2 fully saturated rings. The van der Waals surface area contributed by atoms with E-state index in [1.165, 1.54) is 44.9 Å². The predicted molar refractivity (Wildman–Crippen MR) is 102 cm³/mol. The average molecular weight is 345 g/mol. The van der Waals surface area contributed by atoms with Crippen molar-refractivity contribution in [3.05, 3.63) is 24.4 Å². The molecule has 0 saturated carbocycles. The molecule has 1 atom stereocenters. The van der Waals surface area contributed by atoms with Crippen LogP contribution in [0, 0.1) is 5.92 Å². The highest BCUT2D eigenvalue weighted by Crippen LogP contribution is 2.20. The Morgan fingerprint density at radius 3 is 2.64 bits per heavy atom. The van der Waals surface area contributed by atoms with Crippen LogP contribution >= 0.6 is 0 Å². The molecule has 1 unspecified atom stereocenters. The van der Waals surface area contributed by atoms with Gasteiger partial charge in [-0.15, -0.1) is 0 Å². The first kappa shape index (κ1) is 18.2. The van der Waals surface area contributed by atoms with Crippen LogP contribution in [0.5, 0.6) is 0 Å². The van der Waals surface area contributed by atoms with Gasteiger partial charge in [0.2, 0.25) is 5.91 Å². The SMILES string of the molecule is O=C(CN1CCCCCCC1)NCC1CCCN(c2ccccn2)C1. The van der Waals surface area contributed by atoms with E-state index in [9.17, 15) is 4.79 Å². The molecule has 25 heavy (non-hydrogen) atoms. The molecule has 0 aliphatic carbocycles. The highest BCUT2D eigenvalue weighted by molar-refractivity contribution is 5.78. The van der Waals surface area contributed by atoms with Crippen LogP contribution in [0.3, 0.4) is 0 Å². The Morgan fingerprint density at radius 1 is 1.08 bits per heavy atom. The molecule has 1 aromatic heterocycles. The van der Waals surface area contributed by atoms with Gasteiger partial charge in [0.25, 0.3) is 0 Å². The molecule has 138 valence electrons. The molecule has 0 aromatic carbocycles. The fourth-order valence-corrected chi connectivity index (χ4v) is 3.97. The molecule has 2 aliphatic heterocycles. The predicted octanol–water partition coefficient (Wildman–Crippen LogP) is 2.68. The lowest BCUT2D eigenvalue weighted by Gasteiger charge is -2.33. The second-order valence-electron chi connectivity index (χ2n) is 7.49. The highest BCUT2D eigenvalue weighted by Gasteiger charge is 2.21. The normalized spacial score (nSPS) is 22.9. The number of pyridine rings is 1. The minimum Gasteiger partial charge on any atom is -0.356 e. The first-order valence-corrected chi connectivity index (χ1v) is 9.96. The first-order valence-electron chi connectivity index (χ1n) is 9.96. The number of nitrogens with one attached hydrogen (secondary N) is 1. The third-order valence-electron chi connectivity index (χ3n) is 5.40. The molecule has 2 saturated heterocycles. The Kier molecular flexibility index (Phi) is 7.10. The molecule has 1 amide bonds. The second kappa shape index (κ2) is 9.76. The lowest BCUT2D eigenvalue weighted by molar-refractivity contribution is -0.122. The van der Waals surface area contributed by atoms with Gasteiger partial charge in [-0.2, -0.15) is 0 Å². The van der Waals surface area contributed by atoms with Gasteiger partial charge >= 0.3 is 0 Å². The smallest absolute Gasteiger partial charge is 0.234 e. The van der Waals surface area contributed by atoms with Gasteiger partial charge in [0.05, 0.1) is 6.54 Å². The summed E-state index contributed by atoms with van der Waals surface area (Å²) >= 11 is 0. The van der Waals surface area contributed by atoms with Crippen LogP contribution in [0.4, 0.5) is 5.82 Å². The summed E-state index contributed by atoms with van der Waals surface area (Å²) in [5.74, 6) is 1.77. The van der Waals surface area contributed by atoms with Crippen molar-refractivity contribution in [3.63, 3.8) is 0 Å². The molecule has 1 aromatic rings. The minimum absolute atomic E-state index is 0.190. The number of amides is 1. The van der Waals surface area contributed by atoms with E-state index in [-0.39, 0.29) is 5.91 Å². The maximum atomic E-state index is 12.3. The highest BCUT2D eigenvalue weighted by atomic mass is 16.2. The van der Waals surface area contributed by atoms with Crippen molar-refractivity contribution >= 4 is 11.7 Å². The second-order valence-corrected chi connectivity index (χ2v) is 7.49. The fraction of sp³-hybridized carbons (Fsp3) is 0.700. The van der Waals surface area contributed by atoms with Gasteiger partial charge in [-0.05, 0) is 56.8 Å². The Morgan fingerprint density at radius 2 is 1.88 bits per heavy atom. The fourth-order valence-electron chi connectivity index (χ4n) is 3.97. The number of hydrogen-bond acceptors (Lipinski definition) is 4. The van der Waals surface area contributed by atoms with Crippen molar-refractivity contribution in [2.75, 3.05) is 44.2 Å². The summed E-state index contributed by atoms with van der Waals surface area (Å²) < 4.78 is 0. The topological polar surface area (TPSA) is 48.5 Å². The number of piperidine rings is 1. The minimum atomic E-state index is 0.190. The zero-order chi connectivity index (χ0) is 17.3. The van der Waals surface area contributed by atoms with E-state index in [4.69, 9.17) is 0 Å². The molecule has 0 spiro atoms. The maximum Gasteiger partial charge on any atom is 0.234 e. The van der Waals surface area contributed by atoms with Gasteiger partial charge in [-0.1, -0.05) is 25.3 Å². The van der Waals surface area contributed by atoms with Crippen LogP contribution in [-0.4, -0.2) is 55.1 Å². The molecular formula is C20H32N4O. The number of nitrogens with zero attached hydrogens (tertiary/aromatic N) is 3. The number of carbonyl (C=O) groups excluding carboxylic acids is 1. The lowest BCUT2D eigenvalue weighted by Crippen LogP contribution is -2.44. The van der Waals surface area contributed by atoms with Crippen LogP contribution in [-0.2, 0) is 4.79 Å². The van der Waals surface area contributed by atoms with Crippen molar-refractivity contribution in [1.29, 1.82) is 0 Å². The number of likely N-dealkylation sites (tertiary alicyclic amines) is 1. The average Bonchev–Trinajstić information content (AvgIpc) is 2.63. The van der Waals surface area contributed by atoms with E-state index in [1.807, 2.05) is 18.3 Å². The van der Waals surface area contributed by atoms with Gasteiger partial charge in [0, 0.05) is 25.8 Å². The molecule has 5 nitrogen and oxygen atoms in total. The van der Waals surface area contributed by atoms with Crippen LogP contribution in [0.1, 0.15) is 44.9 Å². The van der Waals surface area contributed by atoms with Crippen molar-refractivity contribution in [3.8, 4) is 0 Å². The molecule has 1 N–H and O–H groups in total. The van der Waals surface area contributed by atoms with Gasteiger partial charge in [-0.25, -0.2) is 4.98 Å². The number of carbonyl (C=O) groups is 1. The summed E-state index contributed by atoms with van der Waals surface area (Å²) in [6.07, 6.45) is 10.6. The summed E-state index contributed by atoms with van der Waals surface area (Å²) in [5, 5.41) is 3.18. The monoisotopic (exact) mass is 344 g/mol. The number of rotatable bonds is 5. The molecular weight excluding hydrogens is 312 g/mol. The molecule has 0 radical (unpaired) electrons. The van der Waals surface area contributed by atoms with E-state index in [0.29, 0.717) is 12.5 Å². The van der Waals surface area contributed by atoms with Crippen LogP contribution < -0.4 is 10.2 Å². The Balaban J connectivity index is 1.40. The largest absolute Gasteiger partial charge is 0.356 e. The Hall–Kier alpha value is -1.62. The van der Waals surface area contributed by atoms with Crippen LogP contribution in [0.25, 0.3) is 0 Å². The summed E-state index contributed by atoms with van der Waals surface area (Å²) in [5.41, 5.74) is 0. The van der Waals surface area contributed by atoms with Crippen molar-refractivity contribution in [2.45, 2.75) is 44.9 Å². The summed E-state index contributed by atoms with van der Waals surface area (Å²) in [7, 11) is 0. The summed E-state index contributed by atoms with van der Waals surface area (Å²) in [6, 6.07) is 6.07. The van der Waals surface area contributed by atoms with Gasteiger partial charge in [-0.3, -0.25) is 9.69 Å². The zero-order valence-electron chi connectivity index (χ0n) is 15.3. The summed E-state index contributed by atoms with van der Waals surface area (Å²) in [4.78, 5) is 21.5. The quantitative estimate of drug-likeness (QED) is 0.892. The van der Waals surface area contributed by atoms with E-state index in [0.717, 1.165) is 38.5 Å². The number of hydrogen-bond donors (Lipinski definition) is 1. The van der Waals surface area contributed by atoms with Crippen molar-refractivity contribution < 1.29 is 4.79 Å². The van der Waals surface area contributed by atoms with E-state index >= 15 is 0 Å². The molecule has 2 aliphatic rings. The number of aromatic nitrogens is 1. The maximum absolute atomic E-state index is 12.3. The Bertz CT molecular complexity index is 514. The molecule has 3 heterocycles. The van der Waals surface area contributed by atoms with Gasteiger partial charge < -0.3 is 10.2 Å². The summed E-state index contributed by atoms with van der Waals surface area (Å²) in [6.45, 7) is 5.55. The third-order valence-corrected chi connectivity index (χ3v) is 5.40. The lowest BCUT2D eigenvalue weighted by atomic mass is 9.98. The molecule has 5 heteroatoms. The first-order chi connectivity index (χ1) is 12.3. The van der Waals surface area contributed by atoms with Crippen molar-refractivity contribution in [1.82, 2.24) is 15.2 Å². The third kappa shape index (κ3) is 5.99. The van der Waals surface area contributed by atoms with Gasteiger partial charge in [0.15, 0.2) is 0 Å². The van der Waals surface area contributed by atoms with Crippen LogP contribution in [0.15, 0.2) is 24.4 Å². The van der Waals surface area contributed by atoms with Crippen molar-refractivity contribution in [2.24, 2.45) is 5.92 Å². The number of anilines is 1. The van der Waals surface area contributed by atoms with Crippen LogP contribution in [0.2, 0.25) is 0 Å². The van der Waals surface area contributed by atoms with E-state index in [1.54, 1.807) is 0 Å². The van der Waals surface area contributed by atoms with E-state index in [2.05, 4.69) is 26.2 Å². The molecule has 3 rings (SSSR count). The van der Waals surface area contributed by atoms with E-state index < -0.39 is 0 Å². The Labute approximate surface area is 151 Å². The molecule has 0 bridgehead atoms. The van der Waals surface area contributed by atoms with Gasteiger partial charge in [0.1, 0.15) is 5.82 Å². The zero-order valence-corrected chi connectivity index (χ0v) is 15.3.